The first-order chi connectivity index (χ1) is 6.61. The second-order valence-corrected chi connectivity index (χ2v) is 4.31. The van der Waals surface area contributed by atoms with E-state index in [1.54, 1.807) is 25.2 Å². The normalized spacial score (nSPS) is 10.8. The minimum Gasteiger partial charge on any atom is -0.867 e. The highest BCUT2D eigenvalue weighted by Gasteiger charge is 2.12. The Labute approximate surface area is 99.5 Å². The van der Waals surface area contributed by atoms with Crippen molar-refractivity contribution >= 4 is 45.1 Å². The maximum atomic E-state index is 11.8. The number of rotatable bonds is 0. The van der Waals surface area contributed by atoms with Crippen molar-refractivity contribution in [2.24, 2.45) is 7.05 Å². The average molecular weight is 321 g/mol. The lowest BCUT2D eigenvalue weighted by Gasteiger charge is -2.09. The molecule has 0 unspecified atom stereocenters. The van der Waals surface area contributed by atoms with E-state index in [0.29, 0.717) is 19.6 Å². The van der Waals surface area contributed by atoms with Crippen molar-refractivity contribution in [1.82, 2.24) is 5.10 Å². The SMILES string of the molecule is C[n+]1nc2c(Cl)cccc2c([O-])c1I. The summed E-state index contributed by atoms with van der Waals surface area (Å²) in [5.41, 5.74) is 0.557. The minimum atomic E-state index is -0.0272. The zero-order valence-electron chi connectivity index (χ0n) is 7.29. The Balaban J connectivity index is 2.98. The van der Waals surface area contributed by atoms with Gasteiger partial charge in [0.05, 0.1) is 5.02 Å². The van der Waals surface area contributed by atoms with Gasteiger partial charge in [0, 0.05) is 33.1 Å². The Kier molecular flexibility index (Phi) is 2.48. The predicted molar refractivity (Wildman–Crippen MR) is 60.1 cm³/mol. The summed E-state index contributed by atoms with van der Waals surface area (Å²) in [6.45, 7) is 0. The molecule has 0 bridgehead atoms. The van der Waals surface area contributed by atoms with E-state index in [-0.39, 0.29) is 5.75 Å². The smallest absolute Gasteiger partial charge is 0.259 e. The van der Waals surface area contributed by atoms with Gasteiger partial charge in [-0.25, -0.2) is 0 Å². The van der Waals surface area contributed by atoms with E-state index in [0.717, 1.165) is 0 Å². The summed E-state index contributed by atoms with van der Waals surface area (Å²) < 4.78 is 2.12. The summed E-state index contributed by atoms with van der Waals surface area (Å²) in [5.74, 6) is -0.0272. The van der Waals surface area contributed by atoms with Crippen LogP contribution in [-0.2, 0) is 7.05 Å². The summed E-state index contributed by atoms with van der Waals surface area (Å²) in [6, 6.07) is 5.21. The van der Waals surface area contributed by atoms with Crippen molar-refractivity contribution in [1.29, 1.82) is 0 Å². The van der Waals surface area contributed by atoms with Crippen LogP contribution in [0.5, 0.6) is 5.75 Å². The van der Waals surface area contributed by atoms with Crippen molar-refractivity contribution in [3.63, 3.8) is 0 Å². The Morgan fingerprint density at radius 2 is 2.21 bits per heavy atom. The molecule has 3 nitrogen and oxygen atoms in total. The van der Waals surface area contributed by atoms with E-state index in [1.807, 2.05) is 22.6 Å². The maximum absolute atomic E-state index is 11.8. The van der Waals surface area contributed by atoms with Gasteiger partial charge in [-0.1, -0.05) is 28.4 Å². The molecule has 0 N–H and O–H groups in total. The lowest BCUT2D eigenvalue weighted by molar-refractivity contribution is -0.742. The van der Waals surface area contributed by atoms with Crippen molar-refractivity contribution < 1.29 is 9.79 Å². The van der Waals surface area contributed by atoms with Gasteiger partial charge < -0.3 is 5.11 Å². The molecular formula is C9H6ClIN2O. The molecule has 0 saturated heterocycles. The van der Waals surface area contributed by atoms with Crippen LogP contribution in [0.25, 0.3) is 10.9 Å². The Hall–Kier alpha value is -0.620. The molecule has 2 rings (SSSR count). The molecular weight excluding hydrogens is 314 g/mol. The van der Waals surface area contributed by atoms with Gasteiger partial charge in [0.1, 0.15) is 0 Å². The van der Waals surface area contributed by atoms with Gasteiger partial charge in [-0.2, -0.15) is 0 Å². The molecule has 0 aliphatic rings. The first-order valence-electron chi connectivity index (χ1n) is 3.92. The van der Waals surface area contributed by atoms with Crippen LogP contribution in [0.1, 0.15) is 0 Å². The molecule has 0 saturated carbocycles. The standard InChI is InChI=1S/C9H6ClIN2O/c1-13-9(11)8(14)5-3-2-4-6(10)7(5)12-13/h2-4H,1H3. The van der Waals surface area contributed by atoms with Crippen LogP contribution in [-0.4, -0.2) is 5.10 Å². The highest BCUT2D eigenvalue weighted by atomic mass is 127. The van der Waals surface area contributed by atoms with Gasteiger partial charge in [-0.05, 0) is 11.8 Å². The number of aryl methyl sites for hydroxylation is 1. The highest BCUT2D eigenvalue weighted by Crippen LogP contribution is 2.27. The second kappa shape index (κ2) is 3.51. The third kappa shape index (κ3) is 1.42. The summed E-state index contributed by atoms with van der Waals surface area (Å²) >= 11 is 7.91. The molecule has 14 heavy (non-hydrogen) atoms. The van der Waals surface area contributed by atoms with Gasteiger partial charge in [0.15, 0.2) is 12.6 Å². The number of aromatic nitrogens is 2. The maximum Gasteiger partial charge on any atom is 0.259 e. The van der Waals surface area contributed by atoms with Crippen LogP contribution in [0.3, 0.4) is 0 Å². The topological polar surface area (TPSA) is 39.8 Å². The number of halogens is 2. The van der Waals surface area contributed by atoms with Crippen LogP contribution < -0.4 is 9.79 Å². The van der Waals surface area contributed by atoms with Crippen LogP contribution in [0.2, 0.25) is 5.02 Å². The fourth-order valence-electron chi connectivity index (χ4n) is 1.25. The average Bonchev–Trinajstić information content (AvgIpc) is 2.17. The zero-order valence-corrected chi connectivity index (χ0v) is 10.2. The largest absolute Gasteiger partial charge is 0.867 e. The van der Waals surface area contributed by atoms with Crippen LogP contribution in [0, 0.1) is 3.70 Å². The number of benzene rings is 1. The molecule has 0 radical (unpaired) electrons. The molecule has 5 heteroatoms. The molecule has 72 valence electrons. The minimum absolute atomic E-state index is 0.0272. The molecule has 2 aromatic rings. The van der Waals surface area contributed by atoms with E-state index >= 15 is 0 Å². The van der Waals surface area contributed by atoms with Crippen molar-refractivity contribution in [2.45, 2.75) is 0 Å². The molecule has 0 atom stereocenters. The highest BCUT2D eigenvalue weighted by molar-refractivity contribution is 14.1. The van der Waals surface area contributed by atoms with E-state index in [4.69, 9.17) is 11.6 Å². The molecule has 1 heterocycles. The third-order valence-corrected chi connectivity index (χ3v) is 3.45. The van der Waals surface area contributed by atoms with Crippen molar-refractivity contribution in [2.75, 3.05) is 0 Å². The summed E-state index contributed by atoms with van der Waals surface area (Å²) in [5, 5.41) is 17.1. The first-order valence-corrected chi connectivity index (χ1v) is 5.38. The molecule has 0 amide bonds. The Bertz CT molecular complexity index is 516. The lowest BCUT2D eigenvalue weighted by Crippen LogP contribution is -2.37. The molecule has 0 aliphatic carbocycles. The van der Waals surface area contributed by atoms with Gasteiger partial charge in [-0.15, -0.1) is 0 Å². The molecule has 1 aromatic heterocycles. The van der Waals surface area contributed by atoms with E-state index in [9.17, 15) is 5.11 Å². The Morgan fingerprint density at radius 3 is 2.93 bits per heavy atom. The van der Waals surface area contributed by atoms with E-state index in [2.05, 4.69) is 5.10 Å². The van der Waals surface area contributed by atoms with Crippen molar-refractivity contribution in [3.05, 3.63) is 26.9 Å². The molecule has 0 spiro atoms. The number of fused-ring (bicyclic) bond motifs is 1. The lowest BCUT2D eigenvalue weighted by atomic mass is 10.2. The van der Waals surface area contributed by atoms with Gasteiger partial charge in [0.25, 0.3) is 3.70 Å². The summed E-state index contributed by atoms with van der Waals surface area (Å²) in [4.78, 5) is 0. The molecule has 0 aliphatic heterocycles. The van der Waals surface area contributed by atoms with Gasteiger partial charge >= 0.3 is 0 Å². The predicted octanol–water partition coefficient (Wildman–Crippen LogP) is 1.39. The van der Waals surface area contributed by atoms with Gasteiger partial charge in [-0.3, -0.25) is 0 Å². The first kappa shape index (κ1) is 9.92. The van der Waals surface area contributed by atoms with Crippen LogP contribution >= 0.6 is 34.2 Å². The molecule has 1 aromatic carbocycles. The van der Waals surface area contributed by atoms with E-state index in [1.165, 1.54) is 4.68 Å². The Morgan fingerprint density at radius 1 is 1.50 bits per heavy atom. The quantitative estimate of drug-likeness (QED) is 0.544. The number of hydrogen-bond acceptors (Lipinski definition) is 2. The van der Waals surface area contributed by atoms with Crippen LogP contribution in [0.15, 0.2) is 18.2 Å². The zero-order chi connectivity index (χ0) is 10.3. The fraction of sp³-hybridized carbons (Fsp3) is 0.111. The number of hydrogen-bond donors (Lipinski definition) is 0. The van der Waals surface area contributed by atoms with Gasteiger partial charge in [0.2, 0.25) is 0 Å². The summed E-state index contributed by atoms with van der Waals surface area (Å²) in [7, 11) is 1.73. The summed E-state index contributed by atoms with van der Waals surface area (Å²) in [6.07, 6.45) is 0. The fourth-order valence-corrected chi connectivity index (χ4v) is 1.86. The molecule has 0 fully saturated rings. The third-order valence-electron chi connectivity index (χ3n) is 1.95. The number of nitrogens with zero attached hydrogens (tertiary/aromatic N) is 2. The van der Waals surface area contributed by atoms with E-state index < -0.39 is 0 Å². The van der Waals surface area contributed by atoms with Crippen molar-refractivity contribution in [3.8, 4) is 5.75 Å². The van der Waals surface area contributed by atoms with Crippen LogP contribution in [0.4, 0.5) is 0 Å². The second-order valence-electron chi connectivity index (χ2n) is 2.88. The monoisotopic (exact) mass is 320 g/mol.